The fraction of sp³-hybridized carbons (Fsp3) is 0.529. The van der Waals surface area contributed by atoms with Crippen molar-refractivity contribution in [1.29, 1.82) is 0 Å². The Kier molecular flexibility index (Phi) is 4.08. The van der Waals surface area contributed by atoms with Gasteiger partial charge in [0.25, 0.3) is 0 Å². The van der Waals surface area contributed by atoms with Crippen molar-refractivity contribution >= 4 is 10.9 Å². The van der Waals surface area contributed by atoms with Crippen LogP contribution in [-0.4, -0.2) is 36.1 Å². The first-order valence-electron chi connectivity index (χ1n) is 7.73. The van der Waals surface area contributed by atoms with Gasteiger partial charge in [-0.25, -0.2) is 0 Å². The molecule has 3 rings (SSSR count). The maximum absolute atomic E-state index is 3.51. The highest BCUT2D eigenvalue weighted by molar-refractivity contribution is 5.84. The van der Waals surface area contributed by atoms with Gasteiger partial charge in [-0.3, -0.25) is 4.90 Å². The van der Waals surface area contributed by atoms with E-state index in [1.807, 2.05) is 0 Å². The fourth-order valence-electron chi connectivity index (χ4n) is 3.36. The Balaban J connectivity index is 1.79. The molecule has 1 aromatic heterocycles. The number of fused-ring (bicyclic) bond motifs is 1. The number of nitrogens with one attached hydrogen (secondary N) is 2. The van der Waals surface area contributed by atoms with Gasteiger partial charge in [-0.2, -0.15) is 0 Å². The van der Waals surface area contributed by atoms with E-state index in [1.165, 1.54) is 48.0 Å². The Morgan fingerprint density at radius 1 is 1.20 bits per heavy atom. The number of para-hydroxylation sites is 1. The molecule has 0 bridgehead atoms. The van der Waals surface area contributed by atoms with Gasteiger partial charge in [0.15, 0.2) is 0 Å². The van der Waals surface area contributed by atoms with Crippen molar-refractivity contribution in [2.24, 2.45) is 0 Å². The molecule has 1 aliphatic rings. The number of aromatic nitrogens is 1. The number of hydrogen-bond donors (Lipinski definition) is 2. The van der Waals surface area contributed by atoms with Crippen molar-refractivity contribution in [3.8, 4) is 0 Å². The monoisotopic (exact) mass is 271 g/mol. The predicted molar refractivity (Wildman–Crippen MR) is 85.0 cm³/mol. The van der Waals surface area contributed by atoms with Crippen LogP contribution in [0.4, 0.5) is 0 Å². The van der Waals surface area contributed by atoms with E-state index in [-0.39, 0.29) is 0 Å². The zero-order valence-corrected chi connectivity index (χ0v) is 12.6. The van der Waals surface area contributed by atoms with E-state index in [4.69, 9.17) is 0 Å². The van der Waals surface area contributed by atoms with Crippen LogP contribution in [0, 0.1) is 6.92 Å². The van der Waals surface area contributed by atoms with E-state index in [0.717, 1.165) is 13.1 Å². The van der Waals surface area contributed by atoms with E-state index in [0.29, 0.717) is 6.04 Å². The highest BCUT2D eigenvalue weighted by Gasteiger charge is 2.18. The molecule has 2 heterocycles. The fourth-order valence-corrected chi connectivity index (χ4v) is 3.36. The Labute approximate surface area is 121 Å². The van der Waals surface area contributed by atoms with Crippen LogP contribution >= 0.6 is 0 Å². The summed E-state index contributed by atoms with van der Waals surface area (Å²) in [5, 5.41) is 4.88. The summed E-state index contributed by atoms with van der Waals surface area (Å²) in [7, 11) is 2.28. The molecule has 2 aromatic rings. The number of benzene rings is 1. The molecule has 1 aromatic carbocycles. The molecule has 2 N–H and O–H groups in total. The lowest BCUT2D eigenvalue weighted by molar-refractivity contribution is 0.217. The summed E-state index contributed by atoms with van der Waals surface area (Å²) in [6, 6.07) is 9.34. The summed E-state index contributed by atoms with van der Waals surface area (Å²) in [6.07, 6.45) is 3.87. The summed E-state index contributed by atoms with van der Waals surface area (Å²) in [5.74, 6) is 0. The lowest BCUT2D eigenvalue weighted by atomic mass is 10.1. The zero-order chi connectivity index (χ0) is 13.9. The van der Waals surface area contributed by atoms with Gasteiger partial charge >= 0.3 is 0 Å². The van der Waals surface area contributed by atoms with Gasteiger partial charge in [0.05, 0.1) is 0 Å². The molecule has 108 valence electrons. The van der Waals surface area contributed by atoms with Gasteiger partial charge in [0, 0.05) is 29.2 Å². The largest absolute Gasteiger partial charge is 0.358 e. The van der Waals surface area contributed by atoms with Gasteiger partial charge in [-0.15, -0.1) is 0 Å². The van der Waals surface area contributed by atoms with Crippen LogP contribution in [0.2, 0.25) is 0 Å². The van der Waals surface area contributed by atoms with E-state index >= 15 is 0 Å². The third-order valence-corrected chi connectivity index (χ3v) is 4.60. The van der Waals surface area contributed by atoms with E-state index in [9.17, 15) is 0 Å². The maximum Gasteiger partial charge on any atom is 0.0459 e. The number of aromatic amines is 1. The third kappa shape index (κ3) is 2.74. The first-order valence-corrected chi connectivity index (χ1v) is 7.73. The van der Waals surface area contributed by atoms with Crippen molar-refractivity contribution in [2.75, 3.05) is 20.1 Å². The molecule has 0 saturated carbocycles. The minimum Gasteiger partial charge on any atom is -0.358 e. The molecule has 1 atom stereocenters. The molecule has 1 saturated heterocycles. The summed E-state index contributed by atoms with van der Waals surface area (Å²) >= 11 is 0. The van der Waals surface area contributed by atoms with E-state index in [1.54, 1.807) is 0 Å². The van der Waals surface area contributed by atoms with Crippen molar-refractivity contribution in [3.05, 3.63) is 35.5 Å². The highest BCUT2D eigenvalue weighted by atomic mass is 15.1. The molecule has 0 aliphatic carbocycles. The minimum atomic E-state index is 0.707. The summed E-state index contributed by atoms with van der Waals surface area (Å²) < 4.78 is 0. The summed E-state index contributed by atoms with van der Waals surface area (Å²) in [4.78, 5) is 6.05. The number of hydrogen-bond acceptors (Lipinski definition) is 2. The van der Waals surface area contributed by atoms with E-state index < -0.39 is 0 Å². The normalized spacial score (nSPS) is 20.4. The second kappa shape index (κ2) is 5.98. The van der Waals surface area contributed by atoms with Gasteiger partial charge in [-0.1, -0.05) is 18.2 Å². The lowest BCUT2D eigenvalue weighted by Crippen LogP contribution is -2.32. The highest BCUT2D eigenvalue weighted by Crippen LogP contribution is 2.24. The van der Waals surface area contributed by atoms with Crippen LogP contribution in [0.1, 0.15) is 30.5 Å². The molecule has 1 fully saturated rings. The standard InChI is InChI=1S/C17H25N3/c1-13-16(15-7-3-4-8-17(15)19-13)12-20(2)14-6-5-10-18-11-9-14/h3-4,7-8,14,18-19H,5-6,9-12H2,1-2H3. The first-order chi connectivity index (χ1) is 9.75. The SMILES string of the molecule is Cc1[nH]c2ccccc2c1CN(C)C1CCCNCC1. The van der Waals surface area contributed by atoms with Crippen LogP contribution in [0.3, 0.4) is 0 Å². The number of rotatable bonds is 3. The topological polar surface area (TPSA) is 31.1 Å². The molecule has 0 amide bonds. The quantitative estimate of drug-likeness (QED) is 0.899. The molecule has 0 spiro atoms. The second-order valence-electron chi connectivity index (χ2n) is 6.02. The molecular weight excluding hydrogens is 246 g/mol. The smallest absolute Gasteiger partial charge is 0.0459 e. The number of aryl methyl sites for hydroxylation is 1. The van der Waals surface area contributed by atoms with Crippen molar-refractivity contribution < 1.29 is 0 Å². The number of H-pyrrole nitrogens is 1. The van der Waals surface area contributed by atoms with Gasteiger partial charge in [-0.05, 0) is 58.0 Å². The van der Waals surface area contributed by atoms with Crippen molar-refractivity contribution in [2.45, 2.75) is 38.8 Å². The maximum atomic E-state index is 3.51. The van der Waals surface area contributed by atoms with Gasteiger partial charge in [0.2, 0.25) is 0 Å². The molecule has 0 radical (unpaired) electrons. The Morgan fingerprint density at radius 2 is 2.05 bits per heavy atom. The van der Waals surface area contributed by atoms with Crippen LogP contribution in [-0.2, 0) is 6.54 Å². The Hall–Kier alpha value is -1.32. The van der Waals surface area contributed by atoms with Crippen molar-refractivity contribution in [3.63, 3.8) is 0 Å². The van der Waals surface area contributed by atoms with Crippen LogP contribution in [0.5, 0.6) is 0 Å². The minimum absolute atomic E-state index is 0.707. The Morgan fingerprint density at radius 3 is 2.95 bits per heavy atom. The number of nitrogens with zero attached hydrogens (tertiary/aromatic N) is 1. The molecule has 1 unspecified atom stereocenters. The van der Waals surface area contributed by atoms with Gasteiger partial charge < -0.3 is 10.3 Å². The lowest BCUT2D eigenvalue weighted by Gasteiger charge is -2.27. The average Bonchev–Trinajstić information content (AvgIpc) is 2.66. The van der Waals surface area contributed by atoms with Crippen LogP contribution in [0.15, 0.2) is 24.3 Å². The predicted octanol–water partition coefficient (Wildman–Crippen LogP) is 3.05. The molecule has 1 aliphatic heterocycles. The summed E-state index contributed by atoms with van der Waals surface area (Å²) in [5.41, 5.74) is 4.03. The van der Waals surface area contributed by atoms with Gasteiger partial charge in [0.1, 0.15) is 0 Å². The van der Waals surface area contributed by atoms with Crippen molar-refractivity contribution in [1.82, 2.24) is 15.2 Å². The molecular formula is C17H25N3. The van der Waals surface area contributed by atoms with Crippen LogP contribution < -0.4 is 5.32 Å². The first kappa shape index (κ1) is 13.7. The molecule has 3 heteroatoms. The Bertz CT molecular complexity index is 565. The second-order valence-corrected chi connectivity index (χ2v) is 6.02. The average molecular weight is 271 g/mol. The van der Waals surface area contributed by atoms with Crippen LogP contribution in [0.25, 0.3) is 10.9 Å². The zero-order valence-electron chi connectivity index (χ0n) is 12.6. The third-order valence-electron chi connectivity index (χ3n) is 4.60. The summed E-state index contributed by atoms with van der Waals surface area (Å²) in [6.45, 7) is 5.57. The molecule has 20 heavy (non-hydrogen) atoms. The molecule has 3 nitrogen and oxygen atoms in total. The van der Waals surface area contributed by atoms with E-state index in [2.05, 4.69) is 53.4 Å².